The quantitative estimate of drug-likeness (QED) is 0.909. The van der Waals surface area contributed by atoms with E-state index in [0.29, 0.717) is 12.0 Å². The maximum atomic E-state index is 12.4. The number of fused-ring (bicyclic) bond motifs is 1. The van der Waals surface area contributed by atoms with Gasteiger partial charge in [-0.2, -0.15) is 0 Å². The third-order valence-corrected chi connectivity index (χ3v) is 4.41. The van der Waals surface area contributed by atoms with E-state index < -0.39 is 0 Å². The summed E-state index contributed by atoms with van der Waals surface area (Å²) < 4.78 is 0. The summed E-state index contributed by atoms with van der Waals surface area (Å²) in [7, 11) is 0. The number of carbonyl (C=O) groups is 1. The largest absolute Gasteiger partial charge is 0.352 e. The average Bonchev–Trinajstić information content (AvgIpc) is 2.52. The minimum absolute atomic E-state index is 0.0194. The van der Waals surface area contributed by atoms with E-state index in [9.17, 15) is 4.79 Å². The van der Waals surface area contributed by atoms with Crippen molar-refractivity contribution in [2.24, 2.45) is 11.7 Å². The maximum Gasteiger partial charge on any atom is 0.251 e. The van der Waals surface area contributed by atoms with Crippen LogP contribution >= 0.6 is 0 Å². The Labute approximate surface area is 125 Å². The van der Waals surface area contributed by atoms with E-state index in [1.165, 1.54) is 12.8 Å². The van der Waals surface area contributed by atoms with Gasteiger partial charge in [0.1, 0.15) is 0 Å². The molecule has 2 unspecified atom stereocenters. The topological polar surface area (TPSA) is 55.1 Å². The third-order valence-electron chi connectivity index (χ3n) is 4.41. The van der Waals surface area contributed by atoms with Crippen LogP contribution in [0.4, 0.5) is 0 Å². The summed E-state index contributed by atoms with van der Waals surface area (Å²) in [6.45, 7) is 0.732. The van der Waals surface area contributed by atoms with Gasteiger partial charge in [-0.1, -0.05) is 42.8 Å². The summed E-state index contributed by atoms with van der Waals surface area (Å²) in [5.41, 5.74) is 6.76. The second kappa shape index (κ2) is 6.27. The van der Waals surface area contributed by atoms with Crippen LogP contribution in [0, 0.1) is 5.92 Å². The maximum absolute atomic E-state index is 12.4. The summed E-state index contributed by atoms with van der Waals surface area (Å²) in [4.78, 5) is 12.4. The number of nitrogens with one attached hydrogen (secondary N) is 1. The van der Waals surface area contributed by atoms with Crippen LogP contribution in [-0.4, -0.2) is 18.5 Å². The Morgan fingerprint density at radius 1 is 1.14 bits per heavy atom. The van der Waals surface area contributed by atoms with E-state index in [1.54, 1.807) is 0 Å². The predicted octanol–water partition coefficient (Wildman–Crippen LogP) is 3.09. The van der Waals surface area contributed by atoms with Gasteiger partial charge in [-0.3, -0.25) is 4.79 Å². The Bertz CT molecular complexity index is 633. The lowest BCUT2D eigenvalue weighted by Crippen LogP contribution is -2.35. The van der Waals surface area contributed by atoms with Crippen molar-refractivity contribution in [2.45, 2.75) is 31.7 Å². The molecule has 0 bridgehead atoms. The molecule has 0 spiro atoms. The number of nitrogens with two attached hydrogens (primary N) is 1. The van der Waals surface area contributed by atoms with Crippen molar-refractivity contribution in [3.05, 3.63) is 48.0 Å². The van der Waals surface area contributed by atoms with Crippen molar-refractivity contribution in [3.63, 3.8) is 0 Å². The third kappa shape index (κ3) is 3.24. The lowest BCUT2D eigenvalue weighted by atomic mass is 9.86. The first-order chi connectivity index (χ1) is 10.2. The van der Waals surface area contributed by atoms with Gasteiger partial charge in [0.05, 0.1) is 0 Å². The molecule has 2 aromatic rings. The summed E-state index contributed by atoms with van der Waals surface area (Å²) >= 11 is 0. The van der Waals surface area contributed by atoms with Crippen molar-refractivity contribution in [3.8, 4) is 0 Å². The first-order valence-electron chi connectivity index (χ1n) is 7.75. The molecule has 0 heterocycles. The van der Waals surface area contributed by atoms with E-state index in [4.69, 9.17) is 5.73 Å². The first-order valence-corrected chi connectivity index (χ1v) is 7.75. The molecule has 2 atom stereocenters. The second-order valence-corrected chi connectivity index (χ2v) is 6.03. The standard InChI is InChI=1S/C18H22N2O/c19-15-8-3-5-13(11-15)12-20-18(21)17-10-4-7-14-6-1-2-9-16(14)17/h1-2,4,6-7,9-10,13,15H,3,5,8,11-12,19H2,(H,20,21). The highest BCUT2D eigenvalue weighted by atomic mass is 16.1. The van der Waals surface area contributed by atoms with E-state index in [0.717, 1.165) is 35.7 Å². The van der Waals surface area contributed by atoms with Crippen LogP contribution in [0.2, 0.25) is 0 Å². The van der Waals surface area contributed by atoms with Crippen LogP contribution in [0.5, 0.6) is 0 Å². The van der Waals surface area contributed by atoms with Gasteiger partial charge in [-0.15, -0.1) is 0 Å². The second-order valence-electron chi connectivity index (χ2n) is 6.03. The zero-order valence-electron chi connectivity index (χ0n) is 12.2. The van der Waals surface area contributed by atoms with Crippen molar-refractivity contribution < 1.29 is 4.79 Å². The molecule has 21 heavy (non-hydrogen) atoms. The van der Waals surface area contributed by atoms with Crippen LogP contribution in [0.1, 0.15) is 36.0 Å². The van der Waals surface area contributed by atoms with E-state index in [-0.39, 0.29) is 5.91 Å². The van der Waals surface area contributed by atoms with Gasteiger partial charge in [-0.25, -0.2) is 0 Å². The molecular weight excluding hydrogens is 260 g/mol. The molecule has 1 aliphatic rings. The fraction of sp³-hybridized carbons (Fsp3) is 0.389. The fourth-order valence-electron chi connectivity index (χ4n) is 3.27. The molecule has 1 saturated carbocycles. The zero-order chi connectivity index (χ0) is 14.7. The molecule has 3 rings (SSSR count). The van der Waals surface area contributed by atoms with Crippen LogP contribution in [0.25, 0.3) is 10.8 Å². The monoisotopic (exact) mass is 282 g/mol. The van der Waals surface area contributed by atoms with Crippen molar-refractivity contribution >= 4 is 16.7 Å². The first kappa shape index (κ1) is 14.1. The molecule has 0 radical (unpaired) electrons. The number of carbonyl (C=O) groups excluding carboxylic acids is 1. The Balaban J connectivity index is 1.69. The van der Waals surface area contributed by atoms with E-state index in [1.807, 2.05) is 42.5 Å². The highest BCUT2D eigenvalue weighted by molar-refractivity contribution is 6.06. The molecule has 3 nitrogen and oxygen atoms in total. The highest BCUT2D eigenvalue weighted by Crippen LogP contribution is 2.23. The number of rotatable bonds is 3. The van der Waals surface area contributed by atoms with Crippen LogP contribution in [-0.2, 0) is 0 Å². The Hall–Kier alpha value is -1.87. The minimum Gasteiger partial charge on any atom is -0.352 e. The van der Waals surface area contributed by atoms with Gasteiger partial charge in [0, 0.05) is 18.2 Å². The van der Waals surface area contributed by atoms with Crippen molar-refractivity contribution in [1.82, 2.24) is 5.32 Å². The van der Waals surface area contributed by atoms with E-state index in [2.05, 4.69) is 5.32 Å². The highest BCUT2D eigenvalue weighted by Gasteiger charge is 2.20. The normalized spacial score (nSPS) is 22.1. The number of benzene rings is 2. The number of amides is 1. The molecule has 2 aromatic carbocycles. The molecule has 1 amide bonds. The smallest absolute Gasteiger partial charge is 0.251 e. The fourth-order valence-corrected chi connectivity index (χ4v) is 3.27. The molecule has 0 saturated heterocycles. The lowest BCUT2D eigenvalue weighted by molar-refractivity contribution is 0.0944. The molecule has 0 aliphatic heterocycles. The number of hydrogen-bond acceptors (Lipinski definition) is 2. The van der Waals surface area contributed by atoms with Crippen LogP contribution in [0.3, 0.4) is 0 Å². The molecule has 0 aromatic heterocycles. The Kier molecular flexibility index (Phi) is 4.20. The minimum atomic E-state index is 0.0194. The van der Waals surface area contributed by atoms with Crippen LogP contribution in [0.15, 0.2) is 42.5 Å². The molecule has 1 aliphatic carbocycles. The van der Waals surface area contributed by atoms with Gasteiger partial charge in [0.2, 0.25) is 0 Å². The van der Waals surface area contributed by atoms with Gasteiger partial charge in [0.25, 0.3) is 5.91 Å². The SMILES string of the molecule is NC1CCCC(CNC(=O)c2cccc3ccccc23)C1. The molecule has 3 heteroatoms. The molecule has 3 N–H and O–H groups in total. The summed E-state index contributed by atoms with van der Waals surface area (Å²) in [6, 6.07) is 14.2. The number of hydrogen-bond donors (Lipinski definition) is 2. The van der Waals surface area contributed by atoms with Gasteiger partial charge in [-0.05, 0) is 42.0 Å². The Morgan fingerprint density at radius 2 is 1.95 bits per heavy atom. The van der Waals surface area contributed by atoms with Crippen molar-refractivity contribution in [1.29, 1.82) is 0 Å². The van der Waals surface area contributed by atoms with Crippen molar-refractivity contribution in [2.75, 3.05) is 6.54 Å². The Morgan fingerprint density at radius 3 is 2.81 bits per heavy atom. The molecule has 1 fully saturated rings. The summed E-state index contributed by atoms with van der Waals surface area (Å²) in [5.74, 6) is 0.540. The van der Waals surface area contributed by atoms with Gasteiger partial charge < -0.3 is 11.1 Å². The van der Waals surface area contributed by atoms with E-state index >= 15 is 0 Å². The van der Waals surface area contributed by atoms with Crippen LogP contribution < -0.4 is 11.1 Å². The average molecular weight is 282 g/mol. The predicted molar refractivity (Wildman–Crippen MR) is 86.2 cm³/mol. The summed E-state index contributed by atoms with van der Waals surface area (Å²) in [6.07, 6.45) is 4.49. The van der Waals surface area contributed by atoms with Gasteiger partial charge >= 0.3 is 0 Å². The van der Waals surface area contributed by atoms with Gasteiger partial charge in [0.15, 0.2) is 0 Å². The molecular formula is C18H22N2O. The summed E-state index contributed by atoms with van der Waals surface area (Å²) in [5, 5.41) is 5.20. The molecule has 110 valence electrons. The zero-order valence-corrected chi connectivity index (χ0v) is 12.2. The lowest BCUT2D eigenvalue weighted by Gasteiger charge is -2.26.